The first kappa shape index (κ1) is 17.9. The highest BCUT2D eigenvalue weighted by molar-refractivity contribution is 9.10. The number of hydrogen-bond acceptors (Lipinski definition) is 3. The van der Waals surface area contributed by atoms with E-state index in [1.54, 1.807) is 16.4 Å². The Morgan fingerprint density at radius 2 is 1.83 bits per heavy atom. The number of piperazine rings is 1. The Morgan fingerprint density at radius 1 is 1.12 bits per heavy atom. The Labute approximate surface area is 156 Å². The first-order valence-electron chi connectivity index (χ1n) is 7.60. The van der Waals surface area contributed by atoms with Crippen molar-refractivity contribution in [1.29, 1.82) is 0 Å². The molecule has 4 nitrogen and oxygen atoms in total. The number of hydrogen-bond donors (Lipinski definition) is 0. The van der Waals surface area contributed by atoms with Gasteiger partial charge < -0.3 is 4.90 Å². The fraction of sp³-hybridized carbons (Fsp3) is 0.294. The van der Waals surface area contributed by atoms with Gasteiger partial charge in [-0.15, -0.1) is 0 Å². The third-order valence-corrected chi connectivity index (χ3v) is 7.34. The van der Waals surface area contributed by atoms with Crippen LogP contribution in [-0.4, -0.2) is 44.3 Å². The predicted octanol–water partition coefficient (Wildman–Crippen LogP) is 3.78. The summed E-state index contributed by atoms with van der Waals surface area (Å²) in [6.07, 6.45) is 0. The number of sulfonamides is 1. The van der Waals surface area contributed by atoms with E-state index >= 15 is 0 Å². The van der Waals surface area contributed by atoms with Crippen LogP contribution in [0.1, 0.15) is 11.6 Å². The summed E-state index contributed by atoms with van der Waals surface area (Å²) < 4.78 is 28.6. The molecule has 128 valence electrons. The van der Waals surface area contributed by atoms with Gasteiger partial charge in [-0.2, -0.15) is 4.31 Å². The second kappa shape index (κ2) is 7.14. The number of rotatable bonds is 3. The van der Waals surface area contributed by atoms with E-state index < -0.39 is 10.0 Å². The van der Waals surface area contributed by atoms with E-state index in [9.17, 15) is 8.42 Å². The summed E-state index contributed by atoms with van der Waals surface area (Å²) in [6, 6.07) is 14.4. The standard InChI is InChI=1S/C17H18BrClN2O2S/c1-20-9-10-21(16(12-20)13-5-3-2-4-6-13)24(22,23)17-11-14(19)7-8-15(17)18/h2-8,11,16H,9-10,12H2,1H3. The van der Waals surface area contributed by atoms with Gasteiger partial charge in [-0.3, -0.25) is 0 Å². The van der Waals surface area contributed by atoms with Crippen molar-refractivity contribution in [2.24, 2.45) is 0 Å². The molecule has 0 amide bonds. The third-order valence-electron chi connectivity index (χ3n) is 4.20. The summed E-state index contributed by atoms with van der Waals surface area (Å²) in [5, 5.41) is 0.405. The lowest BCUT2D eigenvalue weighted by atomic mass is 10.1. The van der Waals surface area contributed by atoms with Crippen molar-refractivity contribution in [3.05, 3.63) is 63.6 Å². The Kier molecular flexibility index (Phi) is 5.32. The molecule has 1 fully saturated rings. The summed E-state index contributed by atoms with van der Waals surface area (Å²) >= 11 is 9.37. The number of halogens is 2. The molecule has 0 bridgehead atoms. The highest BCUT2D eigenvalue weighted by atomic mass is 79.9. The molecule has 7 heteroatoms. The first-order chi connectivity index (χ1) is 11.4. The molecule has 0 spiro atoms. The fourth-order valence-electron chi connectivity index (χ4n) is 2.94. The molecule has 1 aliphatic rings. The second-order valence-corrected chi connectivity index (χ2v) is 9.03. The van der Waals surface area contributed by atoms with Crippen molar-refractivity contribution in [2.45, 2.75) is 10.9 Å². The summed E-state index contributed by atoms with van der Waals surface area (Å²) in [5.41, 5.74) is 0.991. The van der Waals surface area contributed by atoms with Gasteiger partial charge in [0.15, 0.2) is 0 Å². The lowest BCUT2D eigenvalue weighted by Gasteiger charge is -2.39. The van der Waals surface area contributed by atoms with Crippen LogP contribution in [0, 0.1) is 0 Å². The number of benzene rings is 2. The Bertz CT molecular complexity index is 830. The quantitative estimate of drug-likeness (QED) is 0.745. The SMILES string of the molecule is CN1CCN(S(=O)(=O)c2cc(Cl)ccc2Br)C(c2ccccc2)C1. The molecule has 1 aliphatic heterocycles. The molecule has 2 aromatic rings. The minimum absolute atomic E-state index is 0.209. The van der Waals surface area contributed by atoms with Gasteiger partial charge in [0.2, 0.25) is 10.0 Å². The van der Waals surface area contributed by atoms with Crippen molar-refractivity contribution in [2.75, 3.05) is 26.7 Å². The molecule has 0 aromatic heterocycles. The van der Waals surface area contributed by atoms with Crippen LogP contribution in [0.25, 0.3) is 0 Å². The second-order valence-electron chi connectivity index (χ2n) is 5.88. The highest BCUT2D eigenvalue weighted by Gasteiger charge is 2.37. The Balaban J connectivity index is 2.05. The van der Waals surface area contributed by atoms with E-state index in [0.29, 0.717) is 29.1 Å². The molecular weight excluding hydrogens is 412 g/mol. The molecule has 0 N–H and O–H groups in total. The Hall–Kier alpha value is -0.920. The van der Waals surface area contributed by atoms with Crippen LogP contribution in [0.4, 0.5) is 0 Å². The fourth-order valence-corrected chi connectivity index (χ4v) is 5.72. The smallest absolute Gasteiger partial charge is 0.244 e. The number of likely N-dealkylation sites (N-methyl/N-ethyl adjacent to an activating group) is 1. The van der Waals surface area contributed by atoms with Crippen LogP contribution in [-0.2, 0) is 10.0 Å². The monoisotopic (exact) mass is 428 g/mol. The molecule has 1 heterocycles. The van der Waals surface area contributed by atoms with Gasteiger partial charge in [0, 0.05) is 29.1 Å². The maximum atomic E-state index is 13.3. The van der Waals surface area contributed by atoms with Gasteiger partial charge in [-0.05, 0) is 46.7 Å². The molecule has 0 radical (unpaired) electrons. The normalized spacial score (nSPS) is 20.2. The largest absolute Gasteiger partial charge is 0.303 e. The van der Waals surface area contributed by atoms with Crippen LogP contribution in [0.2, 0.25) is 5.02 Å². The summed E-state index contributed by atoms with van der Waals surface area (Å²) in [7, 11) is -1.65. The van der Waals surface area contributed by atoms with E-state index in [1.165, 1.54) is 6.07 Å². The van der Waals surface area contributed by atoms with Gasteiger partial charge in [-0.25, -0.2) is 8.42 Å². The van der Waals surface area contributed by atoms with Crippen molar-refractivity contribution in [1.82, 2.24) is 9.21 Å². The zero-order valence-corrected chi connectivity index (χ0v) is 16.4. The van der Waals surface area contributed by atoms with Crippen molar-refractivity contribution >= 4 is 37.6 Å². The van der Waals surface area contributed by atoms with E-state index in [-0.39, 0.29) is 10.9 Å². The van der Waals surface area contributed by atoms with Gasteiger partial charge in [0.05, 0.1) is 10.9 Å². The molecule has 1 saturated heterocycles. The molecule has 2 aromatic carbocycles. The zero-order valence-electron chi connectivity index (χ0n) is 13.2. The molecule has 1 atom stereocenters. The average Bonchev–Trinajstić information content (AvgIpc) is 2.57. The summed E-state index contributed by atoms with van der Waals surface area (Å²) in [4.78, 5) is 2.36. The van der Waals surface area contributed by atoms with Crippen LogP contribution in [0.3, 0.4) is 0 Å². The van der Waals surface area contributed by atoms with Crippen molar-refractivity contribution in [3.8, 4) is 0 Å². The Morgan fingerprint density at radius 3 is 2.54 bits per heavy atom. The molecule has 3 rings (SSSR count). The van der Waals surface area contributed by atoms with E-state index in [2.05, 4.69) is 20.8 Å². The molecule has 24 heavy (non-hydrogen) atoms. The number of nitrogens with zero attached hydrogens (tertiary/aromatic N) is 2. The van der Waals surface area contributed by atoms with Gasteiger partial charge in [0.1, 0.15) is 0 Å². The van der Waals surface area contributed by atoms with Crippen LogP contribution < -0.4 is 0 Å². The third kappa shape index (κ3) is 3.53. The maximum Gasteiger partial charge on any atom is 0.244 e. The van der Waals surface area contributed by atoms with Gasteiger partial charge in [-0.1, -0.05) is 41.9 Å². The van der Waals surface area contributed by atoms with E-state index in [4.69, 9.17) is 11.6 Å². The predicted molar refractivity (Wildman–Crippen MR) is 99.7 cm³/mol. The van der Waals surface area contributed by atoms with Gasteiger partial charge >= 0.3 is 0 Å². The topological polar surface area (TPSA) is 40.6 Å². The van der Waals surface area contributed by atoms with Gasteiger partial charge in [0.25, 0.3) is 0 Å². The lowest BCUT2D eigenvalue weighted by molar-refractivity contribution is 0.160. The molecule has 0 saturated carbocycles. The highest BCUT2D eigenvalue weighted by Crippen LogP contribution is 2.34. The molecular formula is C17H18BrClN2O2S. The minimum atomic E-state index is -3.66. The van der Waals surface area contributed by atoms with Crippen LogP contribution in [0.15, 0.2) is 57.9 Å². The molecule has 0 aliphatic carbocycles. The van der Waals surface area contributed by atoms with Crippen LogP contribution in [0.5, 0.6) is 0 Å². The molecule has 1 unspecified atom stereocenters. The lowest BCUT2D eigenvalue weighted by Crippen LogP contribution is -2.49. The van der Waals surface area contributed by atoms with Crippen molar-refractivity contribution in [3.63, 3.8) is 0 Å². The minimum Gasteiger partial charge on any atom is -0.303 e. The average molecular weight is 430 g/mol. The van der Waals surface area contributed by atoms with E-state index in [0.717, 1.165) is 5.56 Å². The zero-order chi connectivity index (χ0) is 17.3. The van der Waals surface area contributed by atoms with Crippen molar-refractivity contribution < 1.29 is 8.42 Å². The van der Waals surface area contributed by atoms with Crippen LogP contribution >= 0.6 is 27.5 Å². The first-order valence-corrected chi connectivity index (χ1v) is 10.2. The maximum absolute atomic E-state index is 13.3. The summed E-state index contributed by atoms with van der Waals surface area (Å²) in [5.74, 6) is 0. The van der Waals surface area contributed by atoms with E-state index in [1.807, 2.05) is 37.4 Å². The summed E-state index contributed by atoms with van der Waals surface area (Å²) in [6.45, 7) is 1.79.